The lowest BCUT2D eigenvalue weighted by atomic mass is 9.86. The number of rotatable bonds is 4. The van der Waals surface area contributed by atoms with Crippen LogP contribution in [0.1, 0.15) is 50.2 Å². The Morgan fingerprint density at radius 3 is 2.67 bits per heavy atom. The summed E-state index contributed by atoms with van der Waals surface area (Å²) in [6.45, 7) is 3.70. The molecule has 182 valence electrons. The van der Waals surface area contributed by atoms with Crippen molar-refractivity contribution < 1.29 is 18.7 Å². The number of hydrogen-bond donors (Lipinski definition) is 0. The van der Waals surface area contributed by atoms with Gasteiger partial charge in [-0.05, 0) is 65.1 Å². The van der Waals surface area contributed by atoms with Crippen LogP contribution in [-0.2, 0) is 30.7 Å². The Hall–Kier alpha value is -3.90. The summed E-state index contributed by atoms with van der Waals surface area (Å²) in [5, 5.41) is 0. The molecule has 6 rings (SSSR count). The summed E-state index contributed by atoms with van der Waals surface area (Å²) in [6, 6.07) is 20.0. The van der Waals surface area contributed by atoms with Gasteiger partial charge in [-0.1, -0.05) is 30.3 Å². The quantitative estimate of drug-likeness (QED) is 0.377. The van der Waals surface area contributed by atoms with Crippen molar-refractivity contribution in [3.63, 3.8) is 0 Å². The van der Waals surface area contributed by atoms with E-state index in [0.29, 0.717) is 31.9 Å². The number of nitrogens with zero attached hydrogens (tertiary/aromatic N) is 2. The molecule has 2 aliphatic rings. The molecule has 1 amide bonds. The topological polar surface area (TPSA) is 64.8 Å². The van der Waals surface area contributed by atoms with Crippen LogP contribution in [0.2, 0.25) is 0 Å². The van der Waals surface area contributed by atoms with Gasteiger partial charge in [0.2, 0.25) is 0 Å². The number of aryl methyl sites for hydroxylation is 1. The summed E-state index contributed by atoms with van der Waals surface area (Å²) in [4.78, 5) is 20.1. The Bertz CT molecular complexity index is 1410. The highest BCUT2D eigenvalue weighted by Gasteiger charge is 2.32. The van der Waals surface area contributed by atoms with Gasteiger partial charge in [0.15, 0.2) is 5.76 Å². The molecule has 0 N–H and O–H groups in total. The molecule has 4 heterocycles. The number of furan rings is 1. The van der Waals surface area contributed by atoms with Crippen molar-refractivity contribution in [2.24, 2.45) is 0 Å². The lowest BCUT2D eigenvalue weighted by Gasteiger charge is -2.34. The zero-order valence-corrected chi connectivity index (χ0v) is 20.5. The molecular weight excluding hydrogens is 452 g/mol. The standard InChI is InChI=1S/C30H28N2O4/c1-19-15-21(34-2)10-11-22(19)29-23-16-28(20-7-4-3-5-8-20)36-18-25(23)24-17-32(13-12-26(24)31-29)30(33)27-9-6-14-35-27/h3-11,14-15,28H,12-13,16-18H2,1-2H3/t28-/m1/s1. The molecule has 0 unspecified atom stereocenters. The molecule has 4 aromatic rings. The highest BCUT2D eigenvalue weighted by molar-refractivity contribution is 5.91. The first kappa shape index (κ1) is 22.6. The zero-order chi connectivity index (χ0) is 24.6. The normalized spacial score (nSPS) is 16.8. The van der Waals surface area contributed by atoms with Crippen LogP contribution in [-0.4, -0.2) is 29.4 Å². The van der Waals surface area contributed by atoms with Gasteiger partial charge in [-0.3, -0.25) is 9.78 Å². The van der Waals surface area contributed by atoms with Gasteiger partial charge in [0.05, 0.1) is 31.8 Å². The second kappa shape index (κ2) is 9.28. The van der Waals surface area contributed by atoms with E-state index in [0.717, 1.165) is 51.4 Å². The van der Waals surface area contributed by atoms with E-state index in [1.807, 2.05) is 29.2 Å². The molecule has 0 saturated heterocycles. The number of pyridine rings is 1. The van der Waals surface area contributed by atoms with E-state index in [1.165, 1.54) is 11.8 Å². The Kier molecular flexibility index (Phi) is 5.82. The third-order valence-corrected chi connectivity index (χ3v) is 7.27. The molecule has 0 spiro atoms. The second-order valence-electron chi connectivity index (χ2n) is 9.39. The first-order valence-electron chi connectivity index (χ1n) is 12.3. The first-order valence-corrected chi connectivity index (χ1v) is 12.3. The molecule has 0 fully saturated rings. The summed E-state index contributed by atoms with van der Waals surface area (Å²) >= 11 is 0. The van der Waals surface area contributed by atoms with E-state index in [9.17, 15) is 4.79 Å². The summed E-state index contributed by atoms with van der Waals surface area (Å²) in [5.41, 5.74) is 8.92. The number of fused-ring (bicyclic) bond motifs is 3. The minimum Gasteiger partial charge on any atom is -0.497 e. The predicted octanol–water partition coefficient (Wildman–Crippen LogP) is 5.67. The molecule has 0 bridgehead atoms. The van der Waals surface area contributed by atoms with Crippen LogP contribution in [0.3, 0.4) is 0 Å². The van der Waals surface area contributed by atoms with Crippen molar-refractivity contribution in [2.45, 2.75) is 39.0 Å². The average Bonchev–Trinajstić information content (AvgIpc) is 3.47. The van der Waals surface area contributed by atoms with Crippen molar-refractivity contribution in [1.82, 2.24) is 9.88 Å². The van der Waals surface area contributed by atoms with Gasteiger partial charge in [-0.25, -0.2) is 0 Å². The molecule has 2 aromatic heterocycles. The monoisotopic (exact) mass is 480 g/mol. The largest absolute Gasteiger partial charge is 0.497 e. The van der Waals surface area contributed by atoms with E-state index >= 15 is 0 Å². The Balaban J connectivity index is 1.44. The third-order valence-electron chi connectivity index (χ3n) is 7.27. The molecule has 36 heavy (non-hydrogen) atoms. The van der Waals surface area contributed by atoms with Crippen LogP contribution in [0, 0.1) is 6.92 Å². The fraction of sp³-hybridized carbons (Fsp3) is 0.267. The van der Waals surface area contributed by atoms with Gasteiger partial charge in [-0.15, -0.1) is 0 Å². The second-order valence-corrected chi connectivity index (χ2v) is 9.39. The molecule has 2 aromatic carbocycles. The average molecular weight is 481 g/mol. The van der Waals surface area contributed by atoms with Gasteiger partial charge >= 0.3 is 0 Å². The van der Waals surface area contributed by atoms with Gasteiger partial charge in [-0.2, -0.15) is 0 Å². The number of aromatic nitrogens is 1. The van der Waals surface area contributed by atoms with E-state index in [2.05, 4.69) is 31.2 Å². The van der Waals surface area contributed by atoms with Crippen LogP contribution in [0.4, 0.5) is 0 Å². The van der Waals surface area contributed by atoms with Crippen LogP contribution in [0.25, 0.3) is 11.3 Å². The van der Waals surface area contributed by atoms with E-state index < -0.39 is 0 Å². The SMILES string of the molecule is COc1ccc(-c2nc3c(c4c2C[C@H](c2ccccc2)OC4)CN(C(=O)c2ccco2)CC3)c(C)c1. The van der Waals surface area contributed by atoms with Crippen molar-refractivity contribution in [2.75, 3.05) is 13.7 Å². The molecule has 6 heteroatoms. The van der Waals surface area contributed by atoms with Gasteiger partial charge in [0.25, 0.3) is 5.91 Å². The fourth-order valence-electron chi connectivity index (χ4n) is 5.36. The molecule has 1 atom stereocenters. The highest BCUT2D eigenvalue weighted by atomic mass is 16.5. The summed E-state index contributed by atoms with van der Waals surface area (Å²) in [5.74, 6) is 1.11. The predicted molar refractivity (Wildman–Crippen MR) is 136 cm³/mol. The molecule has 0 saturated carbocycles. The number of carbonyl (C=O) groups is 1. The van der Waals surface area contributed by atoms with E-state index in [-0.39, 0.29) is 12.0 Å². The molecule has 2 aliphatic heterocycles. The van der Waals surface area contributed by atoms with E-state index in [1.54, 1.807) is 19.2 Å². The number of hydrogen-bond acceptors (Lipinski definition) is 5. The maximum atomic E-state index is 13.0. The number of methoxy groups -OCH3 is 1. The number of ether oxygens (including phenoxy) is 2. The number of amides is 1. The summed E-state index contributed by atoms with van der Waals surface area (Å²) in [7, 11) is 1.69. The van der Waals surface area contributed by atoms with Gasteiger partial charge < -0.3 is 18.8 Å². The van der Waals surface area contributed by atoms with Crippen molar-refractivity contribution in [3.05, 3.63) is 106 Å². The lowest BCUT2D eigenvalue weighted by Crippen LogP contribution is -2.37. The van der Waals surface area contributed by atoms with Crippen molar-refractivity contribution in [1.29, 1.82) is 0 Å². The Morgan fingerprint density at radius 1 is 1.06 bits per heavy atom. The number of benzene rings is 2. The minimum absolute atomic E-state index is 0.0414. The van der Waals surface area contributed by atoms with Crippen LogP contribution >= 0.6 is 0 Å². The Morgan fingerprint density at radius 2 is 1.92 bits per heavy atom. The Labute approximate surface area is 210 Å². The first-order chi connectivity index (χ1) is 17.6. The van der Waals surface area contributed by atoms with Gasteiger partial charge in [0.1, 0.15) is 5.75 Å². The maximum absolute atomic E-state index is 13.0. The molecule has 6 nitrogen and oxygen atoms in total. The van der Waals surface area contributed by atoms with Crippen LogP contribution in [0.15, 0.2) is 71.3 Å². The van der Waals surface area contributed by atoms with Crippen molar-refractivity contribution >= 4 is 5.91 Å². The van der Waals surface area contributed by atoms with Crippen LogP contribution < -0.4 is 4.74 Å². The van der Waals surface area contributed by atoms with Gasteiger partial charge in [0, 0.05) is 37.2 Å². The van der Waals surface area contributed by atoms with E-state index in [4.69, 9.17) is 18.9 Å². The zero-order valence-electron chi connectivity index (χ0n) is 20.5. The molecular formula is C30H28N2O4. The molecule has 0 aliphatic carbocycles. The summed E-state index contributed by atoms with van der Waals surface area (Å²) < 4.78 is 17.2. The minimum atomic E-state index is -0.0895. The number of carbonyl (C=O) groups excluding carboxylic acids is 1. The fourth-order valence-corrected chi connectivity index (χ4v) is 5.36. The summed E-state index contributed by atoms with van der Waals surface area (Å²) in [6.07, 6.45) is 2.92. The highest BCUT2D eigenvalue weighted by Crippen LogP contribution is 2.40. The maximum Gasteiger partial charge on any atom is 0.289 e. The smallest absolute Gasteiger partial charge is 0.289 e. The third kappa shape index (κ3) is 3.97. The van der Waals surface area contributed by atoms with Crippen LogP contribution in [0.5, 0.6) is 5.75 Å². The lowest BCUT2D eigenvalue weighted by molar-refractivity contribution is 0.0260. The van der Waals surface area contributed by atoms with Crippen molar-refractivity contribution in [3.8, 4) is 17.0 Å². The molecule has 0 radical (unpaired) electrons.